The maximum Gasteiger partial charge on any atom is 0.0717 e. The van der Waals surface area contributed by atoms with Crippen LogP contribution < -0.4 is 5.73 Å². The number of aliphatic hydroxyl groups excluding tert-OH is 1. The highest BCUT2D eigenvalue weighted by molar-refractivity contribution is 9.10. The molecule has 2 atom stereocenters. The summed E-state index contributed by atoms with van der Waals surface area (Å²) in [6.45, 7) is 0.456. The fourth-order valence-electron chi connectivity index (χ4n) is 3.20. The van der Waals surface area contributed by atoms with Crippen molar-refractivity contribution in [2.45, 2.75) is 30.3 Å². The van der Waals surface area contributed by atoms with Gasteiger partial charge in [0.05, 0.1) is 6.10 Å². The van der Waals surface area contributed by atoms with E-state index in [0.717, 1.165) is 22.9 Å². The number of aliphatic hydroxyl groups is 1. The Morgan fingerprint density at radius 1 is 1.05 bits per heavy atom. The van der Waals surface area contributed by atoms with E-state index < -0.39 is 6.10 Å². The molecule has 0 saturated heterocycles. The topological polar surface area (TPSA) is 46.2 Å². The van der Waals surface area contributed by atoms with E-state index in [1.54, 1.807) is 0 Å². The molecule has 1 saturated carbocycles. The largest absolute Gasteiger partial charge is 0.392 e. The average Bonchev–Trinajstić information content (AvgIpc) is 3.32. The second-order valence-electron chi connectivity index (χ2n) is 5.86. The van der Waals surface area contributed by atoms with E-state index in [1.165, 1.54) is 5.56 Å². The summed E-state index contributed by atoms with van der Waals surface area (Å²) < 4.78 is 1.04. The lowest BCUT2D eigenvalue weighted by Crippen LogP contribution is -2.36. The standard InChI is InChI=1S/C18H20BrNO/c19-15-8-6-13(7-9-15)16(12-20)17(21)18(10-11-18)14-4-2-1-3-5-14/h1-9,16-17,21H,10-12,20H2. The maximum atomic E-state index is 11.0. The summed E-state index contributed by atoms with van der Waals surface area (Å²) in [5.41, 5.74) is 8.20. The zero-order chi connectivity index (χ0) is 14.9. The molecule has 2 unspecified atom stereocenters. The van der Waals surface area contributed by atoms with E-state index in [2.05, 4.69) is 28.1 Å². The van der Waals surface area contributed by atoms with Gasteiger partial charge in [0.2, 0.25) is 0 Å². The molecule has 3 N–H and O–H groups in total. The van der Waals surface area contributed by atoms with Crippen LogP contribution in [0.5, 0.6) is 0 Å². The number of hydrogen-bond donors (Lipinski definition) is 2. The fraction of sp³-hybridized carbons (Fsp3) is 0.333. The van der Waals surface area contributed by atoms with Gasteiger partial charge in [-0.3, -0.25) is 0 Å². The summed E-state index contributed by atoms with van der Waals surface area (Å²) in [5, 5.41) is 11.0. The monoisotopic (exact) mass is 345 g/mol. The van der Waals surface area contributed by atoms with Crippen molar-refractivity contribution in [2.75, 3.05) is 6.54 Å². The second kappa shape index (κ2) is 5.91. The molecular weight excluding hydrogens is 326 g/mol. The van der Waals surface area contributed by atoms with Gasteiger partial charge in [0.15, 0.2) is 0 Å². The van der Waals surface area contributed by atoms with Gasteiger partial charge in [-0.25, -0.2) is 0 Å². The molecule has 1 fully saturated rings. The minimum atomic E-state index is -0.439. The maximum absolute atomic E-state index is 11.0. The third kappa shape index (κ3) is 2.78. The van der Waals surface area contributed by atoms with Crippen LogP contribution in [0, 0.1) is 0 Å². The third-order valence-corrected chi connectivity index (χ3v) is 5.17. The van der Waals surface area contributed by atoms with Crippen LogP contribution in [0.4, 0.5) is 0 Å². The minimum Gasteiger partial charge on any atom is -0.392 e. The lowest BCUT2D eigenvalue weighted by molar-refractivity contribution is 0.104. The zero-order valence-electron chi connectivity index (χ0n) is 11.9. The van der Waals surface area contributed by atoms with Crippen LogP contribution in [0.1, 0.15) is 29.9 Å². The van der Waals surface area contributed by atoms with E-state index in [4.69, 9.17) is 5.73 Å². The van der Waals surface area contributed by atoms with E-state index in [0.29, 0.717) is 6.54 Å². The van der Waals surface area contributed by atoms with Crippen LogP contribution in [0.25, 0.3) is 0 Å². The van der Waals surface area contributed by atoms with Gasteiger partial charge in [-0.05, 0) is 36.1 Å². The first kappa shape index (κ1) is 14.8. The van der Waals surface area contributed by atoms with Gasteiger partial charge in [0, 0.05) is 22.4 Å². The van der Waals surface area contributed by atoms with Crippen molar-refractivity contribution in [1.29, 1.82) is 0 Å². The first-order valence-electron chi connectivity index (χ1n) is 7.36. The van der Waals surface area contributed by atoms with Crippen LogP contribution in [0.2, 0.25) is 0 Å². The van der Waals surface area contributed by atoms with Gasteiger partial charge < -0.3 is 10.8 Å². The van der Waals surface area contributed by atoms with Crippen molar-refractivity contribution in [1.82, 2.24) is 0 Å². The quantitative estimate of drug-likeness (QED) is 0.869. The molecule has 0 radical (unpaired) electrons. The Hall–Kier alpha value is -1.16. The van der Waals surface area contributed by atoms with E-state index in [9.17, 15) is 5.11 Å². The van der Waals surface area contributed by atoms with Crippen molar-refractivity contribution < 1.29 is 5.11 Å². The Labute approximate surface area is 134 Å². The highest BCUT2D eigenvalue weighted by atomic mass is 79.9. The fourth-order valence-corrected chi connectivity index (χ4v) is 3.47. The van der Waals surface area contributed by atoms with Crippen molar-refractivity contribution in [3.8, 4) is 0 Å². The summed E-state index contributed by atoms with van der Waals surface area (Å²) in [7, 11) is 0. The van der Waals surface area contributed by atoms with E-state index in [1.807, 2.05) is 42.5 Å². The van der Waals surface area contributed by atoms with Crippen LogP contribution in [-0.2, 0) is 5.41 Å². The Morgan fingerprint density at radius 3 is 2.19 bits per heavy atom. The normalized spacial score (nSPS) is 19.0. The van der Waals surface area contributed by atoms with Crippen LogP contribution >= 0.6 is 15.9 Å². The lowest BCUT2D eigenvalue weighted by Gasteiger charge is -2.30. The van der Waals surface area contributed by atoms with Crippen LogP contribution in [0.15, 0.2) is 59.1 Å². The van der Waals surface area contributed by atoms with E-state index >= 15 is 0 Å². The average molecular weight is 346 g/mol. The second-order valence-corrected chi connectivity index (χ2v) is 6.78. The molecule has 1 aliphatic carbocycles. The molecule has 3 heteroatoms. The highest BCUT2D eigenvalue weighted by Crippen LogP contribution is 2.53. The summed E-state index contributed by atoms with van der Waals surface area (Å²) in [6, 6.07) is 18.4. The molecule has 110 valence electrons. The van der Waals surface area contributed by atoms with Crippen LogP contribution in [-0.4, -0.2) is 17.8 Å². The molecule has 1 aliphatic rings. The van der Waals surface area contributed by atoms with Gasteiger partial charge in [0.1, 0.15) is 0 Å². The molecule has 2 nitrogen and oxygen atoms in total. The molecular formula is C18H20BrNO. The van der Waals surface area contributed by atoms with E-state index in [-0.39, 0.29) is 11.3 Å². The van der Waals surface area contributed by atoms with Gasteiger partial charge in [0.25, 0.3) is 0 Å². The molecule has 3 rings (SSSR count). The van der Waals surface area contributed by atoms with Crippen molar-refractivity contribution in [3.05, 3.63) is 70.2 Å². The molecule has 0 spiro atoms. The number of benzene rings is 2. The smallest absolute Gasteiger partial charge is 0.0717 e. The molecule has 0 amide bonds. The Morgan fingerprint density at radius 2 is 1.67 bits per heavy atom. The number of nitrogens with two attached hydrogens (primary N) is 1. The number of rotatable bonds is 5. The summed E-state index contributed by atoms with van der Waals surface area (Å²) in [5.74, 6) is -0.0270. The molecule has 0 heterocycles. The third-order valence-electron chi connectivity index (χ3n) is 4.64. The van der Waals surface area contributed by atoms with Crippen LogP contribution in [0.3, 0.4) is 0 Å². The first-order chi connectivity index (χ1) is 10.2. The van der Waals surface area contributed by atoms with Gasteiger partial charge >= 0.3 is 0 Å². The Kier molecular flexibility index (Phi) is 4.16. The van der Waals surface area contributed by atoms with Crippen molar-refractivity contribution in [2.24, 2.45) is 5.73 Å². The highest BCUT2D eigenvalue weighted by Gasteiger charge is 2.52. The Balaban J connectivity index is 1.89. The van der Waals surface area contributed by atoms with Gasteiger partial charge in [-0.2, -0.15) is 0 Å². The first-order valence-corrected chi connectivity index (χ1v) is 8.16. The Bertz CT molecular complexity index is 592. The summed E-state index contributed by atoms with van der Waals surface area (Å²) >= 11 is 3.45. The minimum absolute atomic E-state index is 0.0270. The molecule has 0 aliphatic heterocycles. The van der Waals surface area contributed by atoms with Gasteiger partial charge in [-0.15, -0.1) is 0 Å². The SMILES string of the molecule is NCC(c1ccc(Br)cc1)C(O)C1(c2ccccc2)CC1. The lowest BCUT2D eigenvalue weighted by atomic mass is 9.80. The summed E-state index contributed by atoms with van der Waals surface area (Å²) in [6.07, 6.45) is 1.63. The molecule has 0 bridgehead atoms. The predicted octanol–water partition coefficient (Wildman–Crippen LogP) is 3.58. The van der Waals surface area contributed by atoms with Gasteiger partial charge in [-0.1, -0.05) is 58.4 Å². The molecule has 2 aromatic carbocycles. The summed E-state index contributed by atoms with van der Waals surface area (Å²) in [4.78, 5) is 0. The molecule has 2 aromatic rings. The molecule has 21 heavy (non-hydrogen) atoms. The predicted molar refractivity (Wildman–Crippen MR) is 89.3 cm³/mol. The van der Waals surface area contributed by atoms with Crippen molar-refractivity contribution in [3.63, 3.8) is 0 Å². The zero-order valence-corrected chi connectivity index (χ0v) is 13.5. The number of halogens is 1. The number of hydrogen-bond acceptors (Lipinski definition) is 2. The van der Waals surface area contributed by atoms with Crippen molar-refractivity contribution >= 4 is 15.9 Å². The molecule has 0 aromatic heterocycles.